The third-order valence-corrected chi connectivity index (χ3v) is 5.98. The van der Waals surface area contributed by atoms with Crippen LogP contribution in [0.5, 0.6) is 0 Å². The molecule has 0 spiro atoms. The van der Waals surface area contributed by atoms with Crippen LogP contribution in [-0.4, -0.2) is 52.1 Å². The van der Waals surface area contributed by atoms with Gasteiger partial charge >= 0.3 is 0 Å². The molecule has 0 bridgehead atoms. The Bertz CT molecular complexity index is 1050. The van der Waals surface area contributed by atoms with Crippen molar-refractivity contribution in [1.29, 1.82) is 0 Å². The molecule has 1 fully saturated rings. The minimum Gasteiger partial charge on any atom is -0.395 e. The van der Waals surface area contributed by atoms with Crippen molar-refractivity contribution in [2.24, 2.45) is 5.92 Å². The number of carbonyl (C=O) groups is 1. The van der Waals surface area contributed by atoms with Crippen molar-refractivity contribution in [3.63, 3.8) is 0 Å². The largest absolute Gasteiger partial charge is 0.395 e. The Morgan fingerprint density at radius 2 is 1.97 bits per heavy atom. The molecule has 1 saturated heterocycles. The van der Waals surface area contributed by atoms with Crippen LogP contribution in [0.4, 0.5) is 5.95 Å². The fraction of sp³-hybridized carbons (Fsp3) is 0.400. The topological polar surface area (TPSA) is 69.6 Å². The Hall–Kier alpha value is -2.99. The molecule has 4 rings (SSSR count). The van der Waals surface area contributed by atoms with E-state index in [1.807, 2.05) is 37.3 Å². The molecule has 6 heteroatoms. The molecule has 1 aliphatic rings. The first-order valence-corrected chi connectivity index (χ1v) is 11.0. The highest BCUT2D eigenvalue weighted by Crippen LogP contribution is 2.26. The van der Waals surface area contributed by atoms with E-state index in [4.69, 9.17) is 9.97 Å². The predicted molar refractivity (Wildman–Crippen MR) is 123 cm³/mol. The van der Waals surface area contributed by atoms with E-state index in [-0.39, 0.29) is 18.4 Å². The summed E-state index contributed by atoms with van der Waals surface area (Å²) in [5.74, 6) is 0.668. The molecule has 1 amide bonds. The number of anilines is 1. The lowest BCUT2D eigenvalue weighted by Gasteiger charge is -2.35. The van der Waals surface area contributed by atoms with Gasteiger partial charge in [-0.25, -0.2) is 9.97 Å². The zero-order valence-electron chi connectivity index (χ0n) is 18.3. The third kappa shape index (κ3) is 4.85. The fourth-order valence-corrected chi connectivity index (χ4v) is 4.33. The number of aliphatic hydroxyl groups is 1. The highest BCUT2D eigenvalue weighted by molar-refractivity contribution is 5.83. The maximum atomic E-state index is 13.3. The van der Waals surface area contributed by atoms with E-state index in [2.05, 4.69) is 30.0 Å². The van der Waals surface area contributed by atoms with Gasteiger partial charge in [0, 0.05) is 31.6 Å². The number of amides is 1. The molecule has 2 heterocycles. The van der Waals surface area contributed by atoms with Gasteiger partial charge in [-0.15, -0.1) is 0 Å². The van der Waals surface area contributed by atoms with Crippen molar-refractivity contribution >= 4 is 22.8 Å². The van der Waals surface area contributed by atoms with E-state index >= 15 is 0 Å². The summed E-state index contributed by atoms with van der Waals surface area (Å²) in [7, 11) is 0. The molecule has 162 valence electrons. The molecule has 0 saturated carbocycles. The van der Waals surface area contributed by atoms with E-state index in [0.717, 1.165) is 41.5 Å². The van der Waals surface area contributed by atoms with Crippen LogP contribution in [0.25, 0.3) is 10.9 Å². The lowest BCUT2D eigenvalue weighted by atomic mass is 9.96. The normalized spacial score (nSPS) is 16.5. The fourth-order valence-electron chi connectivity index (χ4n) is 4.33. The summed E-state index contributed by atoms with van der Waals surface area (Å²) in [4.78, 5) is 26.8. The van der Waals surface area contributed by atoms with Crippen LogP contribution in [0.2, 0.25) is 0 Å². The first-order valence-electron chi connectivity index (χ1n) is 11.0. The lowest BCUT2D eigenvalue weighted by molar-refractivity contribution is -0.137. The van der Waals surface area contributed by atoms with Gasteiger partial charge in [-0.2, -0.15) is 0 Å². The maximum Gasteiger partial charge on any atom is 0.227 e. The average Bonchev–Trinajstić information content (AvgIpc) is 2.78. The van der Waals surface area contributed by atoms with Gasteiger partial charge in [0.25, 0.3) is 0 Å². The number of hydrogen-bond acceptors (Lipinski definition) is 5. The summed E-state index contributed by atoms with van der Waals surface area (Å²) in [5, 5.41) is 10.6. The number of aliphatic hydroxyl groups excluding tert-OH is 1. The minimum absolute atomic E-state index is 0.0403. The van der Waals surface area contributed by atoms with E-state index in [9.17, 15) is 9.90 Å². The molecule has 0 unspecified atom stereocenters. The maximum absolute atomic E-state index is 13.3. The number of fused-ring (bicyclic) bond motifs is 1. The van der Waals surface area contributed by atoms with Gasteiger partial charge < -0.3 is 14.9 Å². The van der Waals surface area contributed by atoms with Gasteiger partial charge in [-0.05, 0) is 43.9 Å². The number of benzene rings is 2. The number of rotatable bonds is 6. The molecule has 0 aliphatic carbocycles. The highest BCUT2D eigenvalue weighted by Gasteiger charge is 2.30. The number of nitrogens with zero attached hydrogens (tertiary/aromatic N) is 4. The summed E-state index contributed by atoms with van der Waals surface area (Å²) in [6.07, 6.45) is 1.76. The Kier molecular flexibility index (Phi) is 6.47. The Labute approximate surface area is 183 Å². The van der Waals surface area contributed by atoms with Crippen molar-refractivity contribution in [2.45, 2.75) is 33.2 Å². The second kappa shape index (κ2) is 9.43. The molecule has 1 aromatic heterocycles. The van der Waals surface area contributed by atoms with E-state index in [0.29, 0.717) is 25.6 Å². The smallest absolute Gasteiger partial charge is 0.227 e. The second-order valence-electron chi connectivity index (χ2n) is 8.38. The van der Waals surface area contributed by atoms with Crippen molar-refractivity contribution in [1.82, 2.24) is 14.9 Å². The summed E-state index contributed by atoms with van der Waals surface area (Å²) in [5.41, 5.74) is 4.14. The predicted octanol–water partition coefficient (Wildman–Crippen LogP) is 3.48. The number of aromatic nitrogens is 2. The molecular weight excluding hydrogens is 388 g/mol. The van der Waals surface area contributed by atoms with Crippen LogP contribution < -0.4 is 4.90 Å². The van der Waals surface area contributed by atoms with Crippen molar-refractivity contribution in [3.05, 3.63) is 65.4 Å². The van der Waals surface area contributed by atoms with Gasteiger partial charge in [0.15, 0.2) is 0 Å². The van der Waals surface area contributed by atoms with Gasteiger partial charge in [-0.3, -0.25) is 4.79 Å². The number of carbonyl (C=O) groups excluding carboxylic acids is 1. The molecular formula is C25H30N4O2. The van der Waals surface area contributed by atoms with E-state index in [1.54, 1.807) is 4.90 Å². The summed E-state index contributed by atoms with van der Waals surface area (Å²) in [6, 6.07) is 16.2. The molecule has 0 radical (unpaired) electrons. The molecule has 1 N–H and O–H groups in total. The van der Waals surface area contributed by atoms with Crippen LogP contribution in [0.3, 0.4) is 0 Å². The molecule has 6 nitrogen and oxygen atoms in total. The first-order chi connectivity index (χ1) is 15.0. The minimum atomic E-state index is -0.124. The lowest BCUT2D eigenvalue weighted by Crippen LogP contribution is -2.46. The number of aryl methyl sites for hydroxylation is 2. The Balaban J connectivity index is 1.53. The molecule has 31 heavy (non-hydrogen) atoms. The average molecular weight is 419 g/mol. The van der Waals surface area contributed by atoms with Crippen LogP contribution in [0.1, 0.15) is 29.7 Å². The van der Waals surface area contributed by atoms with Crippen LogP contribution >= 0.6 is 0 Å². The summed E-state index contributed by atoms with van der Waals surface area (Å²) < 4.78 is 0. The quantitative estimate of drug-likeness (QED) is 0.664. The molecule has 2 aromatic carbocycles. The van der Waals surface area contributed by atoms with Crippen LogP contribution in [0.15, 0.2) is 48.5 Å². The molecule has 1 atom stereocenters. The van der Waals surface area contributed by atoms with Gasteiger partial charge in [0.2, 0.25) is 11.9 Å². The summed E-state index contributed by atoms with van der Waals surface area (Å²) >= 11 is 0. The second-order valence-corrected chi connectivity index (χ2v) is 8.38. The van der Waals surface area contributed by atoms with Gasteiger partial charge in [0.05, 0.1) is 23.7 Å². The van der Waals surface area contributed by atoms with Gasteiger partial charge in [-0.1, -0.05) is 42.5 Å². The zero-order chi connectivity index (χ0) is 21.8. The third-order valence-electron chi connectivity index (χ3n) is 5.98. The van der Waals surface area contributed by atoms with Crippen molar-refractivity contribution < 1.29 is 9.90 Å². The van der Waals surface area contributed by atoms with Crippen molar-refractivity contribution in [2.75, 3.05) is 31.1 Å². The highest BCUT2D eigenvalue weighted by atomic mass is 16.3. The Morgan fingerprint density at radius 3 is 2.74 bits per heavy atom. The number of piperidine rings is 1. The first kappa shape index (κ1) is 21.2. The monoisotopic (exact) mass is 418 g/mol. The standard InChI is InChI=1S/C25H30N4O2/c1-18-10-11-22-19(2)26-25(27-23(22)15-18)29-12-6-9-21(17-29)24(31)28(13-14-30)16-20-7-4-3-5-8-20/h3-5,7-8,10-11,15,21,30H,6,9,12-14,16-17H2,1-2H3/t21-/m1/s1. The van der Waals surface area contributed by atoms with Crippen LogP contribution in [0, 0.1) is 19.8 Å². The van der Waals surface area contributed by atoms with Crippen molar-refractivity contribution in [3.8, 4) is 0 Å². The summed E-state index contributed by atoms with van der Waals surface area (Å²) in [6.45, 7) is 6.34. The zero-order valence-corrected chi connectivity index (χ0v) is 18.3. The van der Waals surface area contributed by atoms with E-state index < -0.39 is 0 Å². The number of hydrogen-bond donors (Lipinski definition) is 1. The van der Waals surface area contributed by atoms with Crippen LogP contribution in [-0.2, 0) is 11.3 Å². The van der Waals surface area contributed by atoms with E-state index in [1.165, 1.54) is 5.56 Å². The molecule has 1 aliphatic heterocycles. The SMILES string of the molecule is Cc1ccc2c(C)nc(N3CCC[C@@H](C(=O)N(CCO)Cc4ccccc4)C3)nc2c1. The Morgan fingerprint density at radius 1 is 1.16 bits per heavy atom. The van der Waals surface area contributed by atoms with Gasteiger partial charge in [0.1, 0.15) is 0 Å². The molecule has 3 aromatic rings.